The fraction of sp³-hybridized carbons (Fsp3) is 0.222. The Kier molecular flexibility index (Phi) is 4.55. The highest BCUT2D eigenvalue weighted by atomic mass is 19.1. The molecule has 0 spiro atoms. The van der Waals surface area contributed by atoms with E-state index in [1.807, 2.05) is 24.3 Å². The predicted octanol–water partition coefficient (Wildman–Crippen LogP) is 3.93. The van der Waals surface area contributed by atoms with Crippen LogP contribution in [0.2, 0.25) is 0 Å². The minimum absolute atomic E-state index is 0.0987. The number of halogens is 2. The average molecular weight is 329 g/mol. The summed E-state index contributed by atoms with van der Waals surface area (Å²) in [6.07, 6.45) is 1.43. The highest BCUT2D eigenvalue weighted by Crippen LogP contribution is 2.22. The first-order chi connectivity index (χ1) is 11.5. The molecule has 4 nitrogen and oxygen atoms in total. The molecule has 124 valence electrons. The average Bonchev–Trinajstić information content (AvgIpc) is 3.00. The number of hydrazone groups is 1. The zero-order valence-corrected chi connectivity index (χ0v) is 13.2. The van der Waals surface area contributed by atoms with Crippen molar-refractivity contribution in [1.29, 1.82) is 0 Å². The lowest BCUT2D eigenvalue weighted by Gasteiger charge is -2.16. The van der Waals surface area contributed by atoms with Crippen molar-refractivity contribution >= 4 is 23.0 Å². The molecule has 0 aliphatic carbocycles. The number of nitrogens with zero attached hydrogens (tertiary/aromatic N) is 2. The summed E-state index contributed by atoms with van der Waals surface area (Å²) in [7, 11) is 0. The van der Waals surface area contributed by atoms with Gasteiger partial charge in [0.15, 0.2) is 5.82 Å². The quantitative estimate of drug-likeness (QED) is 0.682. The topological polar surface area (TPSA) is 44.7 Å². The molecule has 0 unspecified atom stereocenters. The van der Waals surface area contributed by atoms with Gasteiger partial charge in [-0.1, -0.05) is 12.1 Å². The summed E-state index contributed by atoms with van der Waals surface area (Å²) in [6, 6.07) is 10.7. The Bertz CT molecular complexity index is 805. The van der Waals surface area contributed by atoms with Crippen molar-refractivity contribution in [2.75, 3.05) is 16.9 Å². The van der Waals surface area contributed by atoms with Gasteiger partial charge in [-0.25, -0.2) is 8.78 Å². The fourth-order valence-electron chi connectivity index (χ4n) is 2.61. The van der Waals surface area contributed by atoms with Crippen molar-refractivity contribution in [2.45, 2.75) is 19.8 Å². The van der Waals surface area contributed by atoms with Crippen molar-refractivity contribution in [2.24, 2.45) is 5.10 Å². The number of amides is 1. The fourth-order valence-corrected chi connectivity index (χ4v) is 2.61. The molecule has 1 amide bonds. The largest absolute Gasteiger partial charge is 0.312 e. The molecule has 1 aliphatic heterocycles. The van der Waals surface area contributed by atoms with E-state index in [1.165, 1.54) is 6.07 Å². The van der Waals surface area contributed by atoms with E-state index in [1.54, 1.807) is 11.8 Å². The molecule has 1 saturated heterocycles. The third-order valence-corrected chi connectivity index (χ3v) is 3.92. The molecule has 1 N–H and O–H groups in total. The van der Waals surface area contributed by atoms with Gasteiger partial charge in [0.05, 0.1) is 11.4 Å². The van der Waals surface area contributed by atoms with Crippen LogP contribution >= 0.6 is 0 Å². The van der Waals surface area contributed by atoms with Gasteiger partial charge in [0.2, 0.25) is 5.91 Å². The normalized spacial score (nSPS) is 15.0. The van der Waals surface area contributed by atoms with E-state index in [9.17, 15) is 13.6 Å². The van der Waals surface area contributed by atoms with Crippen LogP contribution < -0.4 is 10.3 Å². The van der Waals surface area contributed by atoms with Crippen LogP contribution in [0, 0.1) is 11.6 Å². The van der Waals surface area contributed by atoms with Crippen molar-refractivity contribution in [3.8, 4) is 0 Å². The summed E-state index contributed by atoms with van der Waals surface area (Å²) in [5.74, 6) is -1.22. The first-order valence-electron chi connectivity index (χ1n) is 7.71. The smallest absolute Gasteiger partial charge is 0.227 e. The minimum Gasteiger partial charge on any atom is -0.312 e. The molecular weight excluding hydrogens is 312 g/mol. The Morgan fingerprint density at radius 2 is 2.04 bits per heavy atom. The number of nitrogens with one attached hydrogen (secondary N) is 1. The maximum absolute atomic E-state index is 13.6. The van der Waals surface area contributed by atoms with Crippen LogP contribution in [0.3, 0.4) is 0 Å². The van der Waals surface area contributed by atoms with Crippen molar-refractivity contribution in [1.82, 2.24) is 0 Å². The number of rotatable bonds is 4. The second-order valence-electron chi connectivity index (χ2n) is 5.63. The van der Waals surface area contributed by atoms with Gasteiger partial charge in [-0.05, 0) is 43.2 Å². The van der Waals surface area contributed by atoms with Gasteiger partial charge in [-0.3, -0.25) is 10.2 Å². The summed E-state index contributed by atoms with van der Waals surface area (Å²) < 4.78 is 26.5. The van der Waals surface area contributed by atoms with E-state index >= 15 is 0 Å². The van der Waals surface area contributed by atoms with E-state index in [2.05, 4.69) is 10.5 Å². The van der Waals surface area contributed by atoms with Gasteiger partial charge in [0.1, 0.15) is 5.82 Å². The van der Waals surface area contributed by atoms with Crippen LogP contribution in [-0.2, 0) is 4.79 Å². The number of benzene rings is 2. The van der Waals surface area contributed by atoms with Crippen LogP contribution in [-0.4, -0.2) is 18.2 Å². The Hall–Kier alpha value is -2.76. The van der Waals surface area contributed by atoms with E-state index in [0.717, 1.165) is 36.3 Å². The van der Waals surface area contributed by atoms with Crippen molar-refractivity contribution < 1.29 is 13.6 Å². The molecule has 2 aromatic carbocycles. The summed E-state index contributed by atoms with van der Waals surface area (Å²) in [5, 5.41) is 4.14. The minimum atomic E-state index is -0.706. The van der Waals surface area contributed by atoms with E-state index in [-0.39, 0.29) is 11.6 Å². The van der Waals surface area contributed by atoms with Crippen molar-refractivity contribution in [3.63, 3.8) is 0 Å². The zero-order chi connectivity index (χ0) is 17.1. The maximum atomic E-state index is 13.6. The van der Waals surface area contributed by atoms with E-state index in [4.69, 9.17) is 0 Å². The summed E-state index contributed by atoms with van der Waals surface area (Å²) in [5.41, 5.74) is 4.98. The molecule has 1 aliphatic rings. The lowest BCUT2D eigenvalue weighted by atomic mass is 10.1. The monoisotopic (exact) mass is 329 g/mol. The lowest BCUT2D eigenvalue weighted by Crippen LogP contribution is -2.23. The summed E-state index contributed by atoms with van der Waals surface area (Å²) in [6.45, 7) is 2.50. The van der Waals surface area contributed by atoms with Gasteiger partial charge < -0.3 is 4.90 Å². The Morgan fingerprint density at radius 1 is 1.21 bits per heavy atom. The molecule has 24 heavy (non-hydrogen) atoms. The Balaban J connectivity index is 1.79. The third-order valence-electron chi connectivity index (χ3n) is 3.92. The highest BCUT2D eigenvalue weighted by molar-refractivity contribution is 6.01. The van der Waals surface area contributed by atoms with Crippen LogP contribution in [0.25, 0.3) is 0 Å². The number of anilines is 2. The molecule has 0 aromatic heterocycles. The molecule has 0 radical (unpaired) electrons. The second-order valence-corrected chi connectivity index (χ2v) is 5.63. The maximum Gasteiger partial charge on any atom is 0.227 e. The van der Waals surface area contributed by atoms with Gasteiger partial charge in [-0.15, -0.1) is 0 Å². The highest BCUT2D eigenvalue weighted by Gasteiger charge is 2.21. The molecule has 1 fully saturated rings. The van der Waals surface area contributed by atoms with Crippen LogP contribution in [0.15, 0.2) is 47.6 Å². The Morgan fingerprint density at radius 3 is 2.75 bits per heavy atom. The molecule has 0 bridgehead atoms. The van der Waals surface area contributed by atoms with E-state index in [0.29, 0.717) is 12.1 Å². The second kappa shape index (κ2) is 6.78. The molecule has 2 aromatic rings. The SMILES string of the molecule is C/C(=N/Nc1ccc(F)cc1F)c1cccc(N2CCCC2=O)c1. The third kappa shape index (κ3) is 3.42. The summed E-state index contributed by atoms with van der Waals surface area (Å²) >= 11 is 0. The van der Waals surface area contributed by atoms with Gasteiger partial charge in [-0.2, -0.15) is 5.10 Å². The molecule has 1 heterocycles. The number of carbonyl (C=O) groups is 1. The van der Waals surface area contributed by atoms with Crippen LogP contribution in [0.5, 0.6) is 0 Å². The molecular formula is C18H17F2N3O. The molecule has 0 atom stereocenters. The number of carbonyl (C=O) groups excluding carboxylic acids is 1. The van der Waals surface area contributed by atoms with Gasteiger partial charge in [0.25, 0.3) is 0 Å². The molecule has 0 saturated carbocycles. The van der Waals surface area contributed by atoms with Gasteiger partial charge >= 0.3 is 0 Å². The van der Waals surface area contributed by atoms with E-state index < -0.39 is 11.6 Å². The number of hydrogen-bond acceptors (Lipinski definition) is 3. The number of hydrogen-bond donors (Lipinski definition) is 1. The molecule has 6 heteroatoms. The molecule has 3 rings (SSSR count). The van der Waals surface area contributed by atoms with Crippen LogP contribution in [0.4, 0.5) is 20.2 Å². The zero-order valence-electron chi connectivity index (χ0n) is 13.2. The standard InChI is InChI=1S/C18H17F2N3O/c1-12(21-22-17-8-7-14(19)11-16(17)20)13-4-2-5-15(10-13)23-9-3-6-18(23)24/h2,4-5,7-8,10-11,22H,3,6,9H2,1H3/b21-12-. The summed E-state index contributed by atoms with van der Waals surface area (Å²) in [4.78, 5) is 13.6. The van der Waals surface area contributed by atoms with Crippen molar-refractivity contribution in [3.05, 3.63) is 59.7 Å². The lowest BCUT2D eigenvalue weighted by molar-refractivity contribution is -0.117. The first-order valence-corrected chi connectivity index (χ1v) is 7.71. The van der Waals surface area contributed by atoms with Crippen LogP contribution in [0.1, 0.15) is 25.3 Å². The Labute approximate surface area is 138 Å². The predicted molar refractivity (Wildman–Crippen MR) is 90.2 cm³/mol. The first kappa shape index (κ1) is 16.1. The van der Waals surface area contributed by atoms with Gasteiger partial charge in [0, 0.05) is 24.7 Å².